The summed E-state index contributed by atoms with van der Waals surface area (Å²) in [5, 5.41) is 10.0. The lowest BCUT2D eigenvalue weighted by atomic mass is 9.74. The predicted molar refractivity (Wildman–Crippen MR) is 202 cm³/mol. The van der Waals surface area contributed by atoms with Crippen LogP contribution in [0.3, 0.4) is 0 Å². The zero-order chi connectivity index (χ0) is 32.4. The second-order valence-corrected chi connectivity index (χ2v) is 13.5. The van der Waals surface area contributed by atoms with Gasteiger partial charge in [-0.2, -0.15) is 0 Å². The van der Waals surface area contributed by atoms with Crippen molar-refractivity contribution in [3.05, 3.63) is 162 Å². The molecule has 8 aromatic rings. The fourth-order valence-electron chi connectivity index (χ4n) is 7.74. The molecule has 0 fully saturated rings. The molecule has 0 saturated heterocycles. The Balaban J connectivity index is 1.11. The van der Waals surface area contributed by atoms with Crippen LogP contribution in [0.25, 0.3) is 59.8 Å². The molecule has 0 aliphatic carbocycles. The Bertz CT molecular complexity index is 2590. The molecule has 2 heteroatoms. The van der Waals surface area contributed by atoms with Gasteiger partial charge >= 0.3 is 0 Å². The Hall–Kier alpha value is -5.60. The van der Waals surface area contributed by atoms with Crippen LogP contribution in [0, 0.1) is 0 Å². The number of hydrogen-bond acceptors (Lipinski definition) is 2. The highest BCUT2D eigenvalue weighted by Gasteiger charge is 2.36. The third-order valence-corrected chi connectivity index (χ3v) is 10.3. The van der Waals surface area contributed by atoms with Crippen molar-refractivity contribution in [1.29, 1.82) is 0 Å². The molecule has 1 aromatic heterocycles. The van der Waals surface area contributed by atoms with Gasteiger partial charge in [-0.05, 0) is 86.1 Å². The molecule has 0 radical (unpaired) electrons. The number of furan rings is 1. The van der Waals surface area contributed by atoms with Crippen molar-refractivity contribution < 1.29 is 9.15 Å². The van der Waals surface area contributed by atoms with Gasteiger partial charge in [0.25, 0.3) is 0 Å². The normalized spacial score (nSPS) is 14.3. The van der Waals surface area contributed by atoms with Gasteiger partial charge in [-0.15, -0.1) is 0 Å². The van der Waals surface area contributed by atoms with E-state index in [1.165, 1.54) is 54.6 Å². The van der Waals surface area contributed by atoms with E-state index in [1.54, 1.807) is 0 Å². The summed E-state index contributed by atoms with van der Waals surface area (Å²) in [4.78, 5) is 0. The smallest absolute Gasteiger partial charge is 0.178 e. The molecule has 1 aliphatic heterocycles. The maximum absolute atomic E-state index is 6.68. The van der Waals surface area contributed by atoms with Crippen LogP contribution in [0.4, 0.5) is 0 Å². The van der Waals surface area contributed by atoms with Gasteiger partial charge < -0.3 is 9.15 Å². The number of para-hydroxylation sites is 1. The summed E-state index contributed by atoms with van der Waals surface area (Å²) in [6.45, 7) is 6.77. The first kappa shape index (κ1) is 28.6. The van der Waals surface area contributed by atoms with Gasteiger partial charge in [-0.3, -0.25) is 0 Å². The highest BCUT2D eigenvalue weighted by atomic mass is 16.5. The zero-order valence-corrected chi connectivity index (χ0v) is 27.5. The molecule has 0 bridgehead atoms. The molecular weight excluding hydrogens is 585 g/mol. The lowest BCUT2D eigenvalue weighted by Crippen LogP contribution is -2.24. The third-order valence-electron chi connectivity index (χ3n) is 10.3. The van der Waals surface area contributed by atoms with Gasteiger partial charge in [-0.1, -0.05) is 136 Å². The quantitative estimate of drug-likeness (QED) is 0.141. The third kappa shape index (κ3) is 4.40. The molecule has 7 aromatic carbocycles. The van der Waals surface area contributed by atoms with Crippen molar-refractivity contribution in [2.24, 2.45) is 0 Å². The van der Waals surface area contributed by atoms with Crippen LogP contribution < -0.4 is 4.74 Å². The number of hydrogen-bond donors (Lipinski definition) is 0. The molecule has 232 valence electrons. The Kier molecular flexibility index (Phi) is 6.55. The summed E-state index contributed by atoms with van der Waals surface area (Å²) in [6.07, 6.45) is 8.72. The standard InChI is InChI=1S/C46H36O2/c1-4-5-12-30(21-19-29-20-23-36-34-15-7-6-13-32(34)33-14-8-9-16-35(33)39(36)27-29)31-22-26-43-41(28-31)46(2,3)40-25-24-38-37-17-10-11-18-42(37)47-44(38)45(40)48-43/h5-18,20-28H,4,19H2,1-3H3/b12-5-,30-21+. The molecule has 1 aliphatic rings. The predicted octanol–water partition coefficient (Wildman–Crippen LogP) is 13.1. The van der Waals surface area contributed by atoms with Gasteiger partial charge in [0, 0.05) is 27.3 Å². The van der Waals surface area contributed by atoms with Gasteiger partial charge in [0.1, 0.15) is 11.3 Å². The van der Waals surface area contributed by atoms with Crippen molar-refractivity contribution in [2.45, 2.75) is 39.0 Å². The number of fused-ring (bicyclic) bond motifs is 12. The minimum absolute atomic E-state index is 0.270. The Morgan fingerprint density at radius 1 is 0.625 bits per heavy atom. The number of ether oxygens (including phenoxy) is 1. The van der Waals surface area contributed by atoms with Crippen LogP contribution in [0.5, 0.6) is 11.5 Å². The molecule has 2 heterocycles. The average molecular weight is 621 g/mol. The summed E-state index contributed by atoms with van der Waals surface area (Å²) in [5.74, 6) is 1.71. The van der Waals surface area contributed by atoms with Gasteiger partial charge in [0.15, 0.2) is 11.3 Å². The van der Waals surface area contributed by atoms with Crippen molar-refractivity contribution in [3.8, 4) is 11.5 Å². The molecule has 0 N–H and O–H groups in total. The summed E-state index contributed by atoms with van der Waals surface area (Å²) >= 11 is 0. The highest BCUT2D eigenvalue weighted by Crippen LogP contribution is 2.52. The van der Waals surface area contributed by atoms with E-state index in [0.29, 0.717) is 0 Å². The van der Waals surface area contributed by atoms with Crippen molar-refractivity contribution in [1.82, 2.24) is 0 Å². The number of rotatable bonds is 5. The average Bonchev–Trinajstić information content (AvgIpc) is 3.51. The van der Waals surface area contributed by atoms with E-state index in [0.717, 1.165) is 51.8 Å². The van der Waals surface area contributed by atoms with Crippen molar-refractivity contribution in [3.63, 3.8) is 0 Å². The minimum atomic E-state index is -0.270. The molecule has 0 unspecified atom stereocenters. The first-order chi connectivity index (χ1) is 23.5. The summed E-state index contributed by atoms with van der Waals surface area (Å²) in [7, 11) is 0. The topological polar surface area (TPSA) is 22.4 Å². The first-order valence-corrected chi connectivity index (χ1v) is 17.0. The fourth-order valence-corrected chi connectivity index (χ4v) is 7.74. The lowest BCUT2D eigenvalue weighted by Gasteiger charge is -2.34. The highest BCUT2D eigenvalue weighted by molar-refractivity contribution is 6.25. The van der Waals surface area contributed by atoms with Crippen molar-refractivity contribution >= 4 is 59.8 Å². The monoisotopic (exact) mass is 620 g/mol. The van der Waals surface area contributed by atoms with Crippen LogP contribution in [-0.2, 0) is 11.8 Å². The summed E-state index contributed by atoms with van der Waals surface area (Å²) < 4.78 is 13.0. The maximum Gasteiger partial charge on any atom is 0.178 e. The largest absolute Gasteiger partial charge is 0.453 e. The molecule has 2 nitrogen and oxygen atoms in total. The zero-order valence-electron chi connectivity index (χ0n) is 27.5. The van der Waals surface area contributed by atoms with Crippen LogP contribution in [-0.4, -0.2) is 0 Å². The maximum atomic E-state index is 6.68. The van der Waals surface area contributed by atoms with Crippen LogP contribution >= 0.6 is 0 Å². The molecular formula is C46H36O2. The molecule has 0 saturated carbocycles. The minimum Gasteiger partial charge on any atom is -0.453 e. The van der Waals surface area contributed by atoms with Crippen LogP contribution in [0.1, 0.15) is 49.4 Å². The van der Waals surface area contributed by atoms with E-state index in [-0.39, 0.29) is 5.41 Å². The molecule has 9 rings (SSSR count). The van der Waals surface area contributed by atoms with Gasteiger partial charge in [0.2, 0.25) is 0 Å². The van der Waals surface area contributed by atoms with Gasteiger partial charge in [0.05, 0.1) is 0 Å². The van der Waals surface area contributed by atoms with E-state index in [1.807, 2.05) is 12.1 Å². The van der Waals surface area contributed by atoms with E-state index >= 15 is 0 Å². The molecule has 48 heavy (non-hydrogen) atoms. The summed E-state index contributed by atoms with van der Waals surface area (Å²) in [6, 6.07) is 43.8. The summed E-state index contributed by atoms with van der Waals surface area (Å²) in [5.41, 5.74) is 7.47. The van der Waals surface area contributed by atoms with E-state index in [4.69, 9.17) is 9.15 Å². The van der Waals surface area contributed by atoms with Crippen molar-refractivity contribution in [2.75, 3.05) is 0 Å². The Morgan fingerprint density at radius 3 is 2.00 bits per heavy atom. The molecule has 0 atom stereocenters. The molecule has 0 spiro atoms. The lowest BCUT2D eigenvalue weighted by molar-refractivity contribution is 0.415. The Labute approximate surface area is 280 Å². The van der Waals surface area contributed by atoms with Crippen LogP contribution in [0.15, 0.2) is 144 Å². The second-order valence-electron chi connectivity index (χ2n) is 13.5. The molecule has 0 amide bonds. The van der Waals surface area contributed by atoms with Crippen LogP contribution in [0.2, 0.25) is 0 Å². The Morgan fingerprint density at radius 2 is 1.27 bits per heavy atom. The fraction of sp³-hybridized carbons (Fsp3) is 0.130. The first-order valence-electron chi connectivity index (χ1n) is 17.0. The van der Waals surface area contributed by atoms with E-state index < -0.39 is 0 Å². The second kappa shape index (κ2) is 11.0. The number of allylic oxidation sites excluding steroid dienone is 4. The van der Waals surface area contributed by atoms with E-state index in [9.17, 15) is 0 Å². The SMILES string of the molecule is CC/C=C\C(=C/Cc1ccc2c3ccccc3c3ccccc3c2c1)c1ccc2c(c1)C(C)(C)c1ccc3c(oc4ccccc43)c1O2. The number of benzene rings is 7. The van der Waals surface area contributed by atoms with E-state index in [2.05, 4.69) is 148 Å². The van der Waals surface area contributed by atoms with Gasteiger partial charge in [-0.25, -0.2) is 0 Å².